The Bertz CT molecular complexity index is 1020. The molecule has 3 rings (SSSR count). The molecule has 0 fully saturated rings. The van der Waals surface area contributed by atoms with Crippen molar-refractivity contribution >= 4 is 10.0 Å². The van der Waals surface area contributed by atoms with Crippen LogP contribution in [-0.2, 0) is 16.6 Å². The van der Waals surface area contributed by atoms with E-state index in [0.29, 0.717) is 5.56 Å². The average Bonchev–Trinajstić information content (AvgIpc) is 3.14. The molecular weight excluding hydrogens is 383 g/mol. The molecule has 0 atom stereocenters. The van der Waals surface area contributed by atoms with Crippen LogP contribution in [0.5, 0.6) is 5.75 Å². The van der Waals surface area contributed by atoms with E-state index in [2.05, 4.69) is 14.4 Å². The molecule has 0 spiro atoms. The topological polar surface area (TPSA) is 73.2 Å². The van der Waals surface area contributed by atoms with E-state index in [-0.39, 0.29) is 12.2 Å². The molecule has 10 heteroatoms. The minimum absolute atomic E-state index is 0.230. The lowest BCUT2D eigenvalue weighted by molar-refractivity contribution is -0.0517. The van der Waals surface area contributed by atoms with Gasteiger partial charge in [0.15, 0.2) is 0 Å². The molecule has 0 aliphatic heterocycles. The normalized spacial score (nSPS) is 11.7. The highest BCUT2D eigenvalue weighted by Gasteiger charge is 2.21. The summed E-state index contributed by atoms with van der Waals surface area (Å²) in [6.45, 7) is -3.39. The van der Waals surface area contributed by atoms with Crippen LogP contribution in [0.2, 0.25) is 0 Å². The highest BCUT2D eigenvalue weighted by Crippen LogP contribution is 2.25. The van der Waals surface area contributed by atoms with Gasteiger partial charge in [-0.1, -0.05) is 18.2 Å². The van der Waals surface area contributed by atoms with Gasteiger partial charge in [0, 0.05) is 18.9 Å². The maximum absolute atomic E-state index is 14.2. The Hall–Kier alpha value is -2.85. The van der Waals surface area contributed by atoms with Crippen LogP contribution in [0.25, 0.3) is 5.69 Å². The molecule has 0 saturated carbocycles. The van der Waals surface area contributed by atoms with Crippen LogP contribution in [0.3, 0.4) is 0 Å². The standard InChI is InChI=1S/C17H14F3N3O3S/c18-13-9-12(5-6-14(13)23-8-7-21-11-23)10-22-27(24,25)16-4-2-1-3-15(16)26-17(19)20/h1-9,11,17,22H,10H2. The molecule has 0 saturated heterocycles. The number of nitrogens with one attached hydrogen (secondary N) is 1. The summed E-state index contributed by atoms with van der Waals surface area (Å²) in [4.78, 5) is 3.40. The zero-order valence-corrected chi connectivity index (χ0v) is 14.5. The fourth-order valence-corrected chi connectivity index (χ4v) is 3.54. The molecule has 0 radical (unpaired) electrons. The molecule has 1 N–H and O–H groups in total. The van der Waals surface area contributed by atoms with Crippen LogP contribution in [0.15, 0.2) is 66.1 Å². The predicted octanol–water partition coefficient (Wildman–Crippen LogP) is 3.09. The van der Waals surface area contributed by atoms with Gasteiger partial charge in [-0.2, -0.15) is 8.78 Å². The summed E-state index contributed by atoms with van der Waals surface area (Å²) in [5, 5.41) is 0. The molecule has 0 bridgehead atoms. The highest BCUT2D eigenvalue weighted by atomic mass is 32.2. The Labute approximate surface area is 153 Å². The van der Waals surface area contributed by atoms with Crippen LogP contribution in [-0.4, -0.2) is 24.6 Å². The van der Waals surface area contributed by atoms with Gasteiger partial charge in [0.2, 0.25) is 10.0 Å². The third-order valence-corrected chi connectivity index (χ3v) is 5.06. The van der Waals surface area contributed by atoms with Gasteiger partial charge in [-0.25, -0.2) is 22.5 Å². The Balaban J connectivity index is 1.77. The van der Waals surface area contributed by atoms with Gasteiger partial charge in [0.25, 0.3) is 0 Å². The summed E-state index contributed by atoms with van der Waals surface area (Å²) in [7, 11) is -4.15. The monoisotopic (exact) mass is 397 g/mol. The van der Waals surface area contributed by atoms with Gasteiger partial charge >= 0.3 is 6.61 Å². The summed E-state index contributed by atoms with van der Waals surface area (Å²) in [6.07, 6.45) is 4.50. The fourth-order valence-electron chi connectivity index (χ4n) is 2.39. The second-order valence-corrected chi connectivity index (χ2v) is 7.14. The molecule has 6 nitrogen and oxygen atoms in total. The minimum atomic E-state index is -4.15. The maximum atomic E-state index is 14.2. The van der Waals surface area contributed by atoms with E-state index < -0.39 is 33.1 Å². The quantitative estimate of drug-likeness (QED) is 0.665. The minimum Gasteiger partial charge on any atom is -0.433 e. The zero-order chi connectivity index (χ0) is 19.4. The van der Waals surface area contributed by atoms with Crippen LogP contribution in [0.1, 0.15) is 5.56 Å². The second-order valence-electron chi connectivity index (χ2n) is 5.41. The van der Waals surface area contributed by atoms with Gasteiger partial charge in [-0.05, 0) is 29.8 Å². The Kier molecular flexibility index (Phi) is 5.47. The summed E-state index contributed by atoms with van der Waals surface area (Å²) in [5.74, 6) is -1.03. The van der Waals surface area contributed by atoms with Crippen molar-refractivity contribution in [2.45, 2.75) is 18.1 Å². The Morgan fingerprint density at radius 3 is 2.63 bits per heavy atom. The molecule has 0 unspecified atom stereocenters. The number of aromatic nitrogens is 2. The first kappa shape index (κ1) is 18.9. The second kappa shape index (κ2) is 7.80. The van der Waals surface area contributed by atoms with Gasteiger partial charge in [-0.15, -0.1) is 0 Å². The molecule has 0 aliphatic carbocycles. The number of rotatable bonds is 7. The van der Waals surface area contributed by atoms with Crippen molar-refractivity contribution in [2.24, 2.45) is 0 Å². The molecule has 1 heterocycles. The number of halogens is 3. The maximum Gasteiger partial charge on any atom is 0.387 e. The van der Waals surface area contributed by atoms with Crippen molar-refractivity contribution in [3.8, 4) is 11.4 Å². The Morgan fingerprint density at radius 2 is 1.96 bits per heavy atom. The van der Waals surface area contributed by atoms with Crippen molar-refractivity contribution in [1.82, 2.24) is 14.3 Å². The first-order chi connectivity index (χ1) is 12.9. The first-order valence-corrected chi connectivity index (χ1v) is 9.15. The summed E-state index contributed by atoms with van der Waals surface area (Å²) in [6, 6.07) is 9.23. The van der Waals surface area contributed by atoms with Crippen LogP contribution < -0.4 is 9.46 Å². The van der Waals surface area contributed by atoms with Crippen LogP contribution in [0, 0.1) is 5.82 Å². The van der Waals surface area contributed by atoms with Gasteiger partial charge in [0.1, 0.15) is 16.5 Å². The van der Waals surface area contributed by atoms with Crippen molar-refractivity contribution in [3.63, 3.8) is 0 Å². The smallest absolute Gasteiger partial charge is 0.387 e. The number of hydrogen-bond acceptors (Lipinski definition) is 4. The van der Waals surface area contributed by atoms with Gasteiger partial charge in [-0.3, -0.25) is 0 Å². The van der Waals surface area contributed by atoms with Gasteiger partial charge in [0.05, 0.1) is 12.0 Å². The molecule has 0 amide bonds. The predicted molar refractivity (Wildman–Crippen MR) is 90.6 cm³/mol. The number of imidazole rings is 1. The van der Waals surface area contributed by atoms with Crippen molar-refractivity contribution < 1.29 is 26.3 Å². The van der Waals surface area contributed by atoms with E-state index in [1.807, 2.05) is 0 Å². The van der Waals surface area contributed by atoms with E-state index in [1.165, 1.54) is 41.4 Å². The molecule has 27 heavy (non-hydrogen) atoms. The van der Waals surface area contributed by atoms with E-state index in [1.54, 1.807) is 12.3 Å². The summed E-state index contributed by atoms with van der Waals surface area (Å²) < 4.78 is 71.9. The molecule has 2 aromatic carbocycles. The number of alkyl halides is 2. The van der Waals surface area contributed by atoms with Crippen molar-refractivity contribution in [3.05, 3.63) is 72.6 Å². The number of benzene rings is 2. The molecule has 3 aromatic rings. The van der Waals surface area contributed by atoms with E-state index in [9.17, 15) is 21.6 Å². The fraction of sp³-hybridized carbons (Fsp3) is 0.118. The number of sulfonamides is 1. The molecular formula is C17H14F3N3O3S. The molecule has 1 aromatic heterocycles. The van der Waals surface area contributed by atoms with Gasteiger partial charge < -0.3 is 9.30 Å². The third kappa shape index (κ3) is 4.47. The summed E-state index contributed by atoms with van der Waals surface area (Å²) >= 11 is 0. The number of para-hydroxylation sites is 1. The van der Waals surface area contributed by atoms with Crippen molar-refractivity contribution in [2.75, 3.05) is 0 Å². The highest BCUT2D eigenvalue weighted by molar-refractivity contribution is 7.89. The lowest BCUT2D eigenvalue weighted by Crippen LogP contribution is -2.24. The third-order valence-electron chi connectivity index (χ3n) is 3.62. The van der Waals surface area contributed by atoms with Crippen LogP contribution >= 0.6 is 0 Å². The Morgan fingerprint density at radius 1 is 1.19 bits per heavy atom. The largest absolute Gasteiger partial charge is 0.433 e. The summed E-state index contributed by atoms with van der Waals surface area (Å²) in [5.41, 5.74) is 0.613. The van der Waals surface area contributed by atoms with E-state index in [4.69, 9.17) is 0 Å². The van der Waals surface area contributed by atoms with E-state index in [0.717, 1.165) is 12.1 Å². The van der Waals surface area contributed by atoms with Crippen LogP contribution in [0.4, 0.5) is 13.2 Å². The lowest BCUT2D eigenvalue weighted by Gasteiger charge is -2.12. The molecule has 0 aliphatic rings. The zero-order valence-electron chi connectivity index (χ0n) is 13.7. The first-order valence-electron chi connectivity index (χ1n) is 7.67. The number of ether oxygens (including phenoxy) is 1. The molecule has 142 valence electrons. The average molecular weight is 397 g/mol. The number of nitrogens with zero attached hydrogens (tertiary/aromatic N) is 2. The number of hydrogen-bond donors (Lipinski definition) is 1. The van der Waals surface area contributed by atoms with E-state index >= 15 is 0 Å². The van der Waals surface area contributed by atoms with Crippen molar-refractivity contribution in [1.29, 1.82) is 0 Å². The lowest BCUT2D eigenvalue weighted by atomic mass is 10.2. The SMILES string of the molecule is O=S(=O)(NCc1ccc(-n2ccnc2)c(F)c1)c1ccccc1OC(F)F.